The van der Waals surface area contributed by atoms with E-state index in [1.54, 1.807) is 33.8 Å². The number of rotatable bonds is 7. The fourth-order valence-electron chi connectivity index (χ4n) is 10.2. The Morgan fingerprint density at radius 3 is 2.49 bits per heavy atom. The van der Waals surface area contributed by atoms with Gasteiger partial charge < -0.3 is 44.0 Å². The Morgan fingerprint density at radius 1 is 1.21 bits per heavy atom. The minimum absolute atomic E-state index is 0.103. The number of halogens is 1. The van der Waals surface area contributed by atoms with Gasteiger partial charge in [0.25, 0.3) is 0 Å². The third kappa shape index (κ3) is 6.27. The number of aromatic nitrogens is 1. The summed E-state index contributed by atoms with van der Waals surface area (Å²) in [5.74, 6) is -3.62. The van der Waals surface area contributed by atoms with E-state index in [2.05, 4.69) is 23.8 Å². The first kappa shape index (κ1) is 39.3. The molecule has 14 heteroatoms. The van der Waals surface area contributed by atoms with Crippen molar-refractivity contribution >= 4 is 18.0 Å². The molecule has 0 radical (unpaired) electrons. The van der Waals surface area contributed by atoms with Crippen LogP contribution in [0.25, 0.3) is 0 Å². The molecular formula is C39H53FN2O11. The van der Waals surface area contributed by atoms with Crippen LogP contribution in [0.3, 0.4) is 0 Å². The number of nitrogens with zero attached hydrogens (tertiary/aromatic N) is 1. The first-order valence-electron chi connectivity index (χ1n) is 18.3. The maximum Gasteiger partial charge on any atom is 0.408 e. The zero-order valence-electron chi connectivity index (χ0n) is 31.9. The number of hydrogen-bond acceptors (Lipinski definition) is 12. The summed E-state index contributed by atoms with van der Waals surface area (Å²) in [7, 11) is 0. The largest absolute Gasteiger partial charge is 0.456 e. The Kier molecular flexibility index (Phi) is 9.93. The van der Waals surface area contributed by atoms with Crippen molar-refractivity contribution in [3.63, 3.8) is 0 Å². The second kappa shape index (κ2) is 13.4. The molecule has 2 saturated carbocycles. The summed E-state index contributed by atoms with van der Waals surface area (Å²) < 4.78 is 51.9. The summed E-state index contributed by atoms with van der Waals surface area (Å²) in [5.41, 5.74) is -4.44. The molecule has 1 aromatic heterocycles. The van der Waals surface area contributed by atoms with E-state index in [0.717, 1.165) is 6.07 Å². The Bertz CT molecular complexity index is 1690. The molecule has 2 saturated heterocycles. The van der Waals surface area contributed by atoms with Crippen LogP contribution in [0.4, 0.5) is 9.18 Å². The predicted molar refractivity (Wildman–Crippen MR) is 186 cm³/mol. The van der Waals surface area contributed by atoms with Crippen molar-refractivity contribution < 1.29 is 57.4 Å². The van der Waals surface area contributed by atoms with Crippen LogP contribution in [0.1, 0.15) is 93.3 Å². The number of esters is 2. The number of carbonyl (C=O) groups excluding carboxylic acids is 3. The van der Waals surface area contributed by atoms with Crippen molar-refractivity contribution in [1.29, 1.82) is 0 Å². The lowest BCUT2D eigenvalue weighted by molar-refractivity contribution is -0.337. The normalized spacial score (nSPS) is 38.3. The molecule has 12 atom stereocenters. The highest BCUT2D eigenvalue weighted by Crippen LogP contribution is 2.67. The summed E-state index contributed by atoms with van der Waals surface area (Å²) in [4.78, 5) is 43.6. The van der Waals surface area contributed by atoms with Gasteiger partial charge >= 0.3 is 18.0 Å². The maximum absolute atomic E-state index is 15.1. The SMILES string of the molecule is C=C[C@@H]1O[C@@H]2C3=C(C)[C@@H](OC(=O)[C@H](O)[C@@H](NC(=O)OC(C)(C)C)c4ncccc4F)C[C@@](O)([C@@H](C)[C@H]4[C@@](C)(CC[C@H]5OC[C@]54OC(C)=O)[C@@H]2O1)C3(C)C. The first-order chi connectivity index (χ1) is 24.6. The summed E-state index contributed by atoms with van der Waals surface area (Å²) in [5, 5.41) is 27.1. The molecule has 0 unspecified atom stereocenters. The Morgan fingerprint density at radius 2 is 1.91 bits per heavy atom. The fraction of sp³-hybridized carbons (Fsp3) is 0.692. The molecule has 1 aromatic rings. The molecule has 3 N–H and O–H groups in total. The third-order valence-corrected chi connectivity index (χ3v) is 12.5. The molecular weight excluding hydrogens is 691 g/mol. The fourth-order valence-corrected chi connectivity index (χ4v) is 10.2. The molecule has 1 amide bonds. The van der Waals surface area contributed by atoms with Crippen molar-refractivity contribution in [3.8, 4) is 0 Å². The van der Waals surface area contributed by atoms with Gasteiger partial charge in [0.2, 0.25) is 0 Å². The van der Waals surface area contributed by atoms with Gasteiger partial charge in [0.05, 0.1) is 18.3 Å². The monoisotopic (exact) mass is 744 g/mol. The Hall–Kier alpha value is -3.43. The van der Waals surface area contributed by atoms with Crippen molar-refractivity contribution in [2.45, 2.75) is 141 Å². The van der Waals surface area contributed by atoms with Crippen molar-refractivity contribution in [1.82, 2.24) is 10.3 Å². The van der Waals surface area contributed by atoms with Crippen LogP contribution in [0, 0.1) is 28.5 Å². The third-order valence-electron chi connectivity index (χ3n) is 12.5. The number of carbonyl (C=O) groups is 3. The first-order valence-corrected chi connectivity index (χ1v) is 18.3. The molecule has 3 heterocycles. The number of alkyl carbamates (subject to hydrolysis) is 1. The minimum atomic E-state index is -2.14. The smallest absolute Gasteiger partial charge is 0.408 e. The highest BCUT2D eigenvalue weighted by atomic mass is 19.1. The number of nitrogens with one attached hydrogen (secondary N) is 1. The van der Waals surface area contributed by atoms with E-state index in [1.807, 2.05) is 20.8 Å². The molecule has 13 nitrogen and oxygen atoms in total. The number of ether oxygens (including phenoxy) is 6. The summed E-state index contributed by atoms with van der Waals surface area (Å²) in [6.45, 7) is 20.0. The predicted octanol–water partition coefficient (Wildman–Crippen LogP) is 4.60. The molecule has 5 aliphatic rings. The molecule has 6 rings (SSSR count). The van der Waals surface area contributed by atoms with Gasteiger partial charge in [0.1, 0.15) is 41.5 Å². The van der Waals surface area contributed by atoms with Gasteiger partial charge in [-0.15, -0.1) is 0 Å². The van der Waals surface area contributed by atoms with E-state index in [9.17, 15) is 24.6 Å². The van der Waals surface area contributed by atoms with E-state index in [0.29, 0.717) is 24.0 Å². The lowest BCUT2D eigenvalue weighted by atomic mass is 9.43. The van der Waals surface area contributed by atoms with Crippen LogP contribution in [0.5, 0.6) is 0 Å². The molecule has 2 aliphatic heterocycles. The molecule has 0 aromatic carbocycles. The second-order valence-electron chi connectivity index (χ2n) is 17.1. The van der Waals surface area contributed by atoms with Crippen molar-refractivity contribution in [3.05, 3.63) is 53.6 Å². The Balaban J connectivity index is 1.43. The average Bonchev–Trinajstić information content (AvgIpc) is 3.48. The van der Waals surface area contributed by atoms with Crippen molar-refractivity contribution in [2.24, 2.45) is 22.7 Å². The molecule has 3 aliphatic carbocycles. The van der Waals surface area contributed by atoms with Gasteiger partial charge in [-0.05, 0) is 75.8 Å². The van der Waals surface area contributed by atoms with Gasteiger partial charge in [0.15, 0.2) is 18.0 Å². The summed E-state index contributed by atoms with van der Waals surface area (Å²) in [6.07, 6.45) is -2.81. The highest BCUT2D eigenvalue weighted by Gasteiger charge is 2.75. The van der Waals surface area contributed by atoms with E-state index >= 15 is 4.39 Å². The molecule has 2 bridgehead atoms. The number of fused-ring (bicyclic) bond motifs is 8. The molecule has 0 spiro atoms. The van der Waals surface area contributed by atoms with E-state index in [-0.39, 0.29) is 19.1 Å². The van der Waals surface area contributed by atoms with Gasteiger partial charge in [-0.3, -0.25) is 9.78 Å². The van der Waals surface area contributed by atoms with Crippen LogP contribution < -0.4 is 5.32 Å². The second-order valence-corrected chi connectivity index (χ2v) is 17.1. The van der Waals surface area contributed by atoms with Crippen LogP contribution >= 0.6 is 0 Å². The van der Waals surface area contributed by atoms with Crippen molar-refractivity contribution in [2.75, 3.05) is 6.61 Å². The van der Waals surface area contributed by atoms with Gasteiger partial charge in [-0.25, -0.2) is 14.0 Å². The quantitative estimate of drug-likeness (QED) is 0.202. The molecule has 292 valence electrons. The van der Waals surface area contributed by atoms with Crippen LogP contribution in [-0.4, -0.2) is 93.4 Å². The standard InChI is InChI=1S/C39H53FN2O11/c1-11-25-50-30-26-19(2)23(49-33(45)29(44)28(27-22(40)13-12-16-41-27)42-34(46)53-35(5,6)7)17-39(47,36(26,8)9)20(3)31-37(10,32(30)51-25)15-14-24-38(31,18-48-24)52-21(4)43/h11-13,16,20,23-25,28-32,44,47H,1,14-15,17-18H2,2-10H3,(H,42,46)/t20-,23-,24+,25+,28-,29+,30+,31-,32+,37+,38-,39+/m0/s1. The highest BCUT2D eigenvalue weighted by molar-refractivity contribution is 5.78. The lowest BCUT2D eigenvalue weighted by Crippen LogP contribution is -2.77. The molecule has 4 fully saturated rings. The Labute approximate surface area is 309 Å². The molecule has 53 heavy (non-hydrogen) atoms. The lowest BCUT2D eigenvalue weighted by Gasteiger charge is -2.68. The van der Waals surface area contributed by atoms with E-state index < -0.39 is 106 Å². The summed E-state index contributed by atoms with van der Waals surface area (Å²) in [6, 6.07) is 0.729. The van der Waals surface area contributed by atoms with Gasteiger partial charge in [0, 0.05) is 36.3 Å². The summed E-state index contributed by atoms with van der Waals surface area (Å²) >= 11 is 0. The van der Waals surface area contributed by atoms with Gasteiger partial charge in [-0.1, -0.05) is 34.3 Å². The number of hydrogen-bond donors (Lipinski definition) is 3. The maximum atomic E-state index is 15.1. The van der Waals surface area contributed by atoms with Crippen LogP contribution in [-0.2, 0) is 38.0 Å². The van der Waals surface area contributed by atoms with Gasteiger partial charge in [-0.2, -0.15) is 0 Å². The zero-order chi connectivity index (χ0) is 39.1. The van der Waals surface area contributed by atoms with E-state index in [4.69, 9.17) is 28.4 Å². The number of amides is 1. The minimum Gasteiger partial charge on any atom is -0.456 e. The topological polar surface area (TPSA) is 172 Å². The number of aliphatic hydroxyl groups is 2. The number of aliphatic hydroxyl groups excluding tert-OH is 1. The number of pyridine rings is 1. The van der Waals surface area contributed by atoms with E-state index in [1.165, 1.54) is 19.2 Å². The zero-order valence-corrected chi connectivity index (χ0v) is 31.9. The van der Waals surface area contributed by atoms with Crippen LogP contribution in [0.2, 0.25) is 0 Å². The van der Waals surface area contributed by atoms with Crippen LogP contribution in [0.15, 0.2) is 42.1 Å². The average molecular weight is 745 g/mol.